The normalized spacial score (nSPS) is 14.0. The summed E-state index contributed by atoms with van der Waals surface area (Å²) in [6.45, 7) is 8.21. The molecule has 2 atom stereocenters. The van der Waals surface area contributed by atoms with Crippen LogP contribution in [0.2, 0.25) is 0 Å². The van der Waals surface area contributed by atoms with Crippen molar-refractivity contribution in [3.63, 3.8) is 0 Å². The Labute approximate surface area is 140 Å². The highest BCUT2D eigenvalue weighted by molar-refractivity contribution is 5.25. The molecule has 0 aliphatic rings. The monoisotopic (exact) mass is 311 g/mol. The van der Waals surface area contributed by atoms with Gasteiger partial charge in [0.25, 0.3) is 0 Å². The number of hydrogen-bond donors (Lipinski definition) is 1. The summed E-state index contributed by atoms with van der Waals surface area (Å²) in [6, 6.07) is 19.2. The first kappa shape index (κ1) is 17.7. The van der Waals surface area contributed by atoms with Crippen molar-refractivity contribution in [3.8, 4) is 0 Å². The van der Waals surface area contributed by atoms with Gasteiger partial charge in [0.15, 0.2) is 0 Å². The van der Waals surface area contributed by atoms with Crippen LogP contribution in [0.3, 0.4) is 0 Å². The molecule has 0 bridgehead atoms. The van der Waals surface area contributed by atoms with Gasteiger partial charge in [0.2, 0.25) is 0 Å². The quantitative estimate of drug-likeness (QED) is 0.790. The summed E-state index contributed by atoms with van der Waals surface area (Å²) < 4.78 is 0. The Hall–Kier alpha value is -1.64. The van der Waals surface area contributed by atoms with Crippen LogP contribution in [0.25, 0.3) is 0 Å². The van der Waals surface area contributed by atoms with Gasteiger partial charge in [-0.1, -0.05) is 61.5 Å². The number of aryl methyl sites for hydroxylation is 1. The first-order valence-electron chi connectivity index (χ1n) is 8.60. The van der Waals surface area contributed by atoms with Gasteiger partial charge in [0.05, 0.1) is 6.10 Å². The van der Waals surface area contributed by atoms with Gasteiger partial charge in [-0.2, -0.15) is 0 Å². The Balaban J connectivity index is 2.02. The Morgan fingerprint density at radius 3 is 2.30 bits per heavy atom. The maximum absolute atomic E-state index is 10.5. The highest BCUT2D eigenvalue weighted by Gasteiger charge is 2.18. The zero-order chi connectivity index (χ0) is 16.7. The van der Waals surface area contributed by atoms with Crippen LogP contribution < -0.4 is 0 Å². The lowest BCUT2D eigenvalue weighted by Gasteiger charge is -2.31. The lowest BCUT2D eigenvalue weighted by atomic mass is 10.0. The lowest BCUT2D eigenvalue weighted by molar-refractivity contribution is 0.0848. The second-order valence-corrected chi connectivity index (χ2v) is 6.46. The minimum atomic E-state index is -0.338. The van der Waals surface area contributed by atoms with Gasteiger partial charge in [-0.3, -0.25) is 4.90 Å². The minimum absolute atomic E-state index is 0.338. The third-order valence-electron chi connectivity index (χ3n) is 4.61. The zero-order valence-electron chi connectivity index (χ0n) is 14.6. The van der Waals surface area contributed by atoms with Gasteiger partial charge >= 0.3 is 0 Å². The summed E-state index contributed by atoms with van der Waals surface area (Å²) in [5.74, 6) is 0. The van der Waals surface area contributed by atoms with Crippen molar-refractivity contribution >= 4 is 0 Å². The van der Waals surface area contributed by atoms with Gasteiger partial charge in [-0.15, -0.1) is 0 Å². The number of rotatable bonds is 8. The summed E-state index contributed by atoms with van der Waals surface area (Å²) in [7, 11) is 0. The molecule has 2 unspecified atom stereocenters. The van der Waals surface area contributed by atoms with Crippen LogP contribution in [0, 0.1) is 6.92 Å². The molecule has 2 rings (SSSR count). The molecular formula is C21H29NO. The second kappa shape index (κ2) is 8.85. The molecule has 2 heteroatoms. The molecule has 2 aromatic rings. The lowest BCUT2D eigenvalue weighted by Crippen LogP contribution is -2.39. The molecule has 2 nitrogen and oxygen atoms in total. The number of aliphatic hydroxyl groups is 1. The van der Waals surface area contributed by atoms with Crippen molar-refractivity contribution in [2.24, 2.45) is 0 Å². The summed E-state index contributed by atoms with van der Waals surface area (Å²) in [5, 5.41) is 10.5. The molecule has 0 saturated carbocycles. The molecule has 1 N–H and O–H groups in total. The highest BCUT2D eigenvalue weighted by atomic mass is 16.3. The van der Waals surface area contributed by atoms with Gasteiger partial charge < -0.3 is 5.11 Å². The molecule has 0 saturated heterocycles. The van der Waals surface area contributed by atoms with Crippen molar-refractivity contribution in [1.29, 1.82) is 0 Å². The van der Waals surface area contributed by atoms with Crippen LogP contribution in [0.5, 0.6) is 0 Å². The second-order valence-electron chi connectivity index (χ2n) is 6.46. The first-order valence-corrected chi connectivity index (χ1v) is 8.60. The van der Waals surface area contributed by atoms with Gasteiger partial charge in [0, 0.05) is 19.1 Å². The van der Waals surface area contributed by atoms with E-state index >= 15 is 0 Å². The number of nitrogens with zero attached hydrogens (tertiary/aromatic N) is 1. The van der Waals surface area contributed by atoms with Gasteiger partial charge in [0.1, 0.15) is 0 Å². The summed E-state index contributed by atoms with van der Waals surface area (Å²) in [4.78, 5) is 2.40. The number of benzene rings is 2. The maximum atomic E-state index is 10.5. The van der Waals surface area contributed by atoms with Crippen molar-refractivity contribution in [3.05, 3.63) is 71.3 Å². The molecule has 0 aliphatic carbocycles. The fraction of sp³-hybridized carbons (Fsp3) is 0.429. The van der Waals surface area contributed by atoms with E-state index in [0.717, 1.165) is 13.0 Å². The Kier molecular flexibility index (Phi) is 6.82. The van der Waals surface area contributed by atoms with E-state index in [2.05, 4.69) is 62.1 Å². The van der Waals surface area contributed by atoms with Crippen LogP contribution in [-0.4, -0.2) is 28.7 Å². The van der Waals surface area contributed by atoms with Crippen LogP contribution in [0.1, 0.15) is 37.0 Å². The molecule has 124 valence electrons. The minimum Gasteiger partial charge on any atom is -0.391 e. The molecule has 0 aliphatic heterocycles. The Bertz CT molecular complexity index is 581. The third kappa shape index (κ3) is 5.49. The fourth-order valence-corrected chi connectivity index (χ4v) is 2.89. The van der Waals surface area contributed by atoms with E-state index in [-0.39, 0.29) is 6.10 Å². The van der Waals surface area contributed by atoms with Gasteiger partial charge in [-0.25, -0.2) is 0 Å². The van der Waals surface area contributed by atoms with Crippen LogP contribution in [0.15, 0.2) is 54.6 Å². The van der Waals surface area contributed by atoms with E-state index in [1.54, 1.807) is 0 Å². The summed E-state index contributed by atoms with van der Waals surface area (Å²) in [5.41, 5.74) is 3.86. The fourth-order valence-electron chi connectivity index (χ4n) is 2.89. The number of hydrogen-bond acceptors (Lipinski definition) is 2. The maximum Gasteiger partial charge on any atom is 0.0707 e. The first-order chi connectivity index (χ1) is 11.1. The average molecular weight is 311 g/mol. The molecule has 0 radical (unpaired) electrons. The summed E-state index contributed by atoms with van der Waals surface area (Å²) in [6.07, 6.45) is 1.46. The van der Waals surface area contributed by atoms with E-state index in [0.29, 0.717) is 19.0 Å². The van der Waals surface area contributed by atoms with Crippen molar-refractivity contribution in [2.75, 3.05) is 6.54 Å². The predicted molar refractivity (Wildman–Crippen MR) is 97.5 cm³/mol. The van der Waals surface area contributed by atoms with E-state index in [4.69, 9.17) is 0 Å². The molecular weight excluding hydrogens is 282 g/mol. The smallest absolute Gasteiger partial charge is 0.0707 e. The largest absolute Gasteiger partial charge is 0.391 e. The molecule has 0 amide bonds. The van der Waals surface area contributed by atoms with Gasteiger partial charge in [-0.05, 0) is 43.4 Å². The Morgan fingerprint density at radius 2 is 1.65 bits per heavy atom. The molecule has 0 heterocycles. The SMILES string of the molecule is CCC(C)N(Cc1ccccc1C)CC(O)Cc1ccccc1. The highest BCUT2D eigenvalue weighted by Crippen LogP contribution is 2.15. The molecule has 0 aromatic heterocycles. The van der Waals surface area contributed by atoms with E-state index in [1.165, 1.54) is 16.7 Å². The molecule has 2 aromatic carbocycles. The van der Waals surface area contributed by atoms with E-state index in [9.17, 15) is 5.11 Å². The zero-order valence-corrected chi connectivity index (χ0v) is 14.6. The van der Waals surface area contributed by atoms with Crippen LogP contribution >= 0.6 is 0 Å². The Morgan fingerprint density at radius 1 is 1.00 bits per heavy atom. The standard InChI is InChI=1S/C21H29NO/c1-4-18(3)22(15-20-13-9-8-10-17(20)2)16-21(23)14-19-11-6-5-7-12-19/h5-13,18,21,23H,4,14-16H2,1-3H3. The third-order valence-corrected chi connectivity index (χ3v) is 4.61. The van der Waals surface area contributed by atoms with Crippen LogP contribution in [-0.2, 0) is 13.0 Å². The summed E-state index contributed by atoms with van der Waals surface area (Å²) >= 11 is 0. The van der Waals surface area contributed by atoms with Crippen molar-refractivity contribution in [2.45, 2.75) is 52.3 Å². The molecule has 23 heavy (non-hydrogen) atoms. The van der Waals surface area contributed by atoms with E-state index in [1.807, 2.05) is 18.2 Å². The average Bonchev–Trinajstić information content (AvgIpc) is 2.56. The predicted octanol–water partition coefficient (Wildman–Crippen LogP) is 4.20. The van der Waals surface area contributed by atoms with Crippen molar-refractivity contribution in [1.82, 2.24) is 4.90 Å². The topological polar surface area (TPSA) is 23.5 Å². The number of aliphatic hydroxyl groups excluding tert-OH is 1. The molecule has 0 spiro atoms. The van der Waals surface area contributed by atoms with Crippen LogP contribution in [0.4, 0.5) is 0 Å². The molecule has 0 fully saturated rings. The van der Waals surface area contributed by atoms with E-state index < -0.39 is 0 Å². The van der Waals surface area contributed by atoms with Crippen molar-refractivity contribution < 1.29 is 5.11 Å².